The number of hydrogen-bond donors (Lipinski definition) is 2. The zero-order valence-electron chi connectivity index (χ0n) is 15.8. The molecule has 2 saturated heterocycles. The van der Waals surface area contributed by atoms with E-state index in [1.165, 1.54) is 0 Å². The fraction of sp³-hybridized carbons (Fsp3) is 0.722. The summed E-state index contributed by atoms with van der Waals surface area (Å²) in [6, 6.07) is 1.06. The van der Waals surface area contributed by atoms with E-state index in [0.29, 0.717) is 31.4 Å². The largest absolute Gasteiger partial charge is 0.381 e. The van der Waals surface area contributed by atoms with Crippen LogP contribution in [0.5, 0.6) is 0 Å². The average molecular weight is 363 g/mol. The number of nitrogens with zero attached hydrogens (tertiary/aromatic N) is 3. The smallest absolute Gasteiger partial charge is 0.272 e. The van der Waals surface area contributed by atoms with Gasteiger partial charge in [-0.3, -0.25) is 19.2 Å². The standard InChI is InChI=1S/C18H29N5O3/c1-13(2)10-23-11-15(19-16(24)14-4-7-22(3)21-14)17(25)20-18(12-23)5-8-26-9-6-18/h4,7,13,15H,5-6,8-12H2,1-3H3,(H,19,24)(H,20,25). The Morgan fingerprint density at radius 2 is 2.19 bits per heavy atom. The molecule has 1 spiro atoms. The zero-order chi connectivity index (χ0) is 18.7. The van der Waals surface area contributed by atoms with Crippen LogP contribution in [-0.4, -0.2) is 70.9 Å². The minimum Gasteiger partial charge on any atom is -0.381 e. The van der Waals surface area contributed by atoms with Crippen LogP contribution < -0.4 is 10.6 Å². The summed E-state index contributed by atoms with van der Waals surface area (Å²) in [5.74, 6) is 0.0350. The molecule has 1 aromatic heterocycles. The Labute approximate surface area is 154 Å². The van der Waals surface area contributed by atoms with Crippen molar-refractivity contribution in [1.82, 2.24) is 25.3 Å². The maximum atomic E-state index is 12.9. The normalized spacial score (nSPS) is 23.7. The van der Waals surface area contributed by atoms with Gasteiger partial charge in [-0.2, -0.15) is 5.10 Å². The maximum absolute atomic E-state index is 12.9. The molecule has 0 radical (unpaired) electrons. The average Bonchev–Trinajstić information content (AvgIpc) is 2.96. The molecule has 2 aliphatic rings. The number of ether oxygens (including phenoxy) is 1. The van der Waals surface area contributed by atoms with Crippen LogP contribution in [0.15, 0.2) is 12.3 Å². The summed E-state index contributed by atoms with van der Waals surface area (Å²) in [5.41, 5.74) is 0.0510. The number of carbonyl (C=O) groups excluding carboxylic acids is 2. The number of aryl methyl sites for hydroxylation is 1. The Balaban J connectivity index is 1.76. The van der Waals surface area contributed by atoms with Gasteiger partial charge in [0.15, 0.2) is 0 Å². The number of aromatic nitrogens is 2. The number of amides is 2. The summed E-state index contributed by atoms with van der Waals surface area (Å²) in [6.45, 7) is 7.81. The lowest BCUT2D eigenvalue weighted by atomic mass is 9.89. The molecule has 2 amide bonds. The highest BCUT2D eigenvalue weighted by atomic mass is 16.5. The van der Waals surface area contributed by atoms with Gasteiger partial charge >= 0.3 is 0 Å². The SMILES string of the molecule is CC(C)CN1CC(NC(=O)c2ccn(C)n2)C(=O)NC2(CCOCC2)C1. The molecule has 144 valence electrons. The molecule has 3 heterocycles. The summed E-state index contributed by atoms with van der Waals surface area (Å²) < 4.78 is 7.06. The number of nitrogens with one attached hydrogen (secondary N) is 2. The van der Waals surface area contributed by atoms with Crippen molar-refractivity contribution in [3.8, 4) is 0 Å². The first-order chi connectivity index (χ1) is 12.4. The molecule has 1 aromatic rings. The molecule has 0 bridgehead atoms. The quantitative estimate of drug-likeness (QED) is 0.795. The third kappa shape index (κ3) is 4.42. The van der Waals surface area contributed by atoms with Crippen molar-refractivity contribution in [2.24, 2.45) is 13.0 Å². The minimum absolute atomic E-state index is 0.123. The fourth-order valence-corrected chi connectivity index (χ4v) is 3.80. The monoisotopic (exact) mass is 363 g/mol. The Kier molecular flexibility index (Phi) is 5.62. The van der Waals surface area contributed by atoms with Crippen molar-refractivity contribution in [1.29, 1.82) is 0 Å². The second-order valence-electron chi connectivity index (χ2n) is 7.87. The van der Waals surface area contributed by atoms with Gasteiger partial charge in [0.2, 0.25) is 5.91 Å². The molecule has 0 aromatic carbocycles. The van der Waals surface area contributed by atoms with Crippen LogP contribution in [0.3, 0.4) is 0 Å². The Morgan fingerprint density at radius 3 is 2.81 bits per heavy atom. The number of hydrogen-bond acceptors (Lipinski definition) is 5. The minimum atomic E-state index is -0.592. The molecule has 26 heavy (non-hydrogen) atoms. The molecular formula is C18H29N5O3. The van der Waals surface area contributed by atoms with E-state index in [-0.39, 0.29) is 17.4 Å². The van der Waals surface area contributed by atoms with E-state index in [9.17, 15) is 9.59 Å². The van der Waals surface area contributed by atoms with E-state index in [1.807, 2.05) is 0 Å². The third-order valence-electron chi connectivity index (χ3n) is 5.00. The van der Waals surface area contributed by atoms with Crippen LogP contribution in [0.1, 0.15) is 37.2 Å². The summed E-state index contributed by atoms with van der Waals surface area (Å²) >= 11 is 0. The molecular weight excluding hydrogens is 334 g/mol. The van der Waals surface area contributed by atoms with Crippen molar-refractivity contribution in [3.05, 3.63) is 18.0 Å². The van der Waals surface area contributed by atoms with Gasteiger partial charge in [0.05, 0.1) is 5.54 Å². The molecule has 3 rings (SSSR count). The van der Waals surface area contributed by atoms with Crippen LogP contribution >= 0.6 is 0 Å². The predicted molar refractivity (Wildman–Crippen MR) is 96.7 cm³/mol. The molecule has 0 saturated carbocycles. The van der Waals surface area contributed by atoms with Gasteiger partial charge in [0.1, 0.15) is 11.7 Å². The first-order valence-corrected chi connectivity index (χ1v) is 9.29. The van der Waals surface area contributed by atoms with Crippen LogP contribution in [0.2, 0.25) is 0 Å². The van der Waals surface area contributed by atoms with Gasteiger partial charge in [-0.25, -0.2) is 0 Å². The van der Waals surface area contributed by atoms with Crippen molar-refractivity contribution >= 4 is 11.8 Å². The van der Waals surface area contributed by atoms with Gasteiger partial charge < -0.3 is 15.4 Å². The van der Waals surface area contributed by atoms with Gasteiger partial charge in [-0.15, -0.1) is 0 Å². The lowest BCUT2D eigenvalue weighted by Gasteiger charge is -2.39. The Bertz CT molecular complexity index is 651. The molecule has 1 atom stereocenters. The van der Waals surface area contributed by atoms with Crippen molar-refractivity contribution in [2.45, 2.75) is 38.3 Å². The lowest BCUT2D eigenvalue weighted by molar-refractivity contribution is -0.125. The molecule has 2 fully saturated rings. The van der Waals surface area contributed by atoms with Crippen molar-refractivity contribution in [2.75, 3.05) is 32.8 Å². The van der Waals surface area contributed by atoms with E-state index in [0.717, 1.165) is 25.9 Å². The third-order valence-corrected chi connectivity index (χ3v) is 5.00. The van der Waals surface area contributed by atoms with Crippen molar-refractivity contribution < 1.29 is 14.3 Å². The lowest BCUT2D eigenvalue weighted by Crippen LogP contribution is -2.57. The summed E-state index contributed by atoms with van der Waals surface area (Å²) in [5, 5.41) is 10.2. The van der Waals surface area contributed by atoms with Crippen LogP contribution in [0.4, 0.5) is 0 Å². The molecule has 2 aliphatic heterocycles. The second kappa shape index (κ2) is 7.75. The summed E-state index contributed by atoms with van der Waals surface area (Å²) in [6.07, 6.45) is 3.31. The first kappa shape index (κ1) is 18.8. The number of rotatable bonds is 4. The van der Waals surface area contributed by atoms with E-state index in [1.54, 1.807) is 24.0 Å². The van der Waals surface area contributed by atoms with Gasteiger partial charge in [0, 0.05) is 46.1 Å². The zero-order valence-corrected chi connectivity index (χ0v) is 15.8. The first-order valence-electron chi connectivity index (χ1n) is 9.29. The van der Waals surface area contributed by atoms with Gasteiger partial charge in [-0.05, 0) is 24.8 Å². The molecule has 8 nitrogen and oxygen atoms in total. The van der Waals surface area contributed by atoms with Gasteiger partial charge in [0.25, 0.3) is 5.91 Å². The summed E-state index contributed by atoms with van der Waals surface area (Å²) in [4.78, 5) is 27.6. The highest BCUT2D eigenvalue weighted by Gasteiger charge is 2.41. The number of carbonyl (C=O) groups is 2. The van der Waals surface area contributed by atoms with Crippen molar-refractivity contribution in [3.63, 3.8) is 0 Å². The second-order valence-corrected chi connectivity index (χ2v) is 7.87. The van der Waals surface area contributed by atoms with Crippen LogP contribution in [-0.2, 0) is 16.6 Å². The van der Waals surface area contributed by atoms with Gasteiger partial charge in [-0.1, -0.05) is 13.8 Å². The summed E-state index contributed by atoms with van der Waals surface area (Å²) in [7, 11) is 1.76. The fourth-order valence-electron chi connectivity index (χ4n) is 3.80. The van der Waals surface area contributed by atoms with E-state index in [4.69, 9.17) is 4.74 Å². The topological polar surface area (TPSA) is 88.5 Å². The molecule has 0 aliphatic carbocycles. The Morgan fingerprint density at radius 1 is 1.46 bits per heavy atom. The van der Waals surface area contributed by atoms with Crippen LogP contribution in [0.25, 0.3) is 0 Å². The highest BCUT2D eigenvalue weighted by Crippen LogP contribution is 2.25. The maximum Gasteiger partial charge on any atom is 0.272 e. The molecule has 2 N–H and O–H groups in total. The predicted octanol–water partition coefficient (Wildman–Crippen LogP) is 0.156. The molecule has 8 heteroatoms. The Hall–Kier alpha value is -1.93. The van der Waals surface area contributed by atoms with Crippen LogP contribution in [0, 0.1) is 5.92 Å². The molecule has 1 unspecified atom stereocenters. The van der Waals surface area contributed by atoms with E-state index >= 15 is 0 Å². The highest BCUT2D eigenvalue weighted by molar-refractivity contribution is 5.96. The van der Waals surface area contributed by atoms with E-state index < -0.39 is 6.04 Å². The van der Waals surface area contributed by atoms with E-state index in [2.05, 4.69) is 34.5 Å².